The molecule has 0 saturated carbocycles. The molecular formula is C69H117Nd2O9P3. The van der Waals surface area contributed by atoms with E-state index < -0.39 is 22.8 Å². The fourth-order valence-electron chi connectivity index (χ4n) is 11.6. The van der Waals surface area contributed by atoms with Crippen LogP contribution >= 0.6 is 22.8 Å². The number of unbranched alkanes of at least 4 members (excludes halogenated alkanes) is 21. The molecule has 0 bridgehead atoms. The molecule has 0 aliphatic heterocycles. The van der Waals surface area contributed by atoms with Crippen molar-refractivity contribution in [2.75, 3.05) is 0 Å². The van der Waals surface area contributed by atoms with Crippen LogP contribution in [0.1, 0.15) is 308 Å². The van der Waals surface area contributed by atoms with Crippen LogP contribution in [-0.4, -0.2) is 0 Å². The second-order valence-electron chi connectivity index (χ2n) is 23.7. The Labute approximate surface area is 575 Å². The molecule has 0 aliphatic carbocycles. The molecule has 3 aromatic carbocycles. The quantitative estimate of drug-likeness (QED) is 0.0391. The van der Waals surface area contributed by atoms with Gasteiger partial charge in [-0.2, -0.15) is 0 Å². The Morgan fingerprint density at radius 1 is 0.301 bits per heavy atom. The number of rotatable bonds is 45. The molecule has 9 nitrogen and oxygen atoms in total. The summed E-state index contributed by atoms with van der Waals surface area (Å²) in [5.41, 5.74) is 5.63. The molecule has 0 spiro atoms. The average molecular weight is 1470 g/mol. The van der Waals surface area contributed by atoms with Crippen LogP contribution in [0.15, 0.2) is 54.6 Å². The molecule has 0 aromatic heterocycles. The Morgan fingerprint density at radius 2 is 0.506 bits per heavy atom. The van der Waals surface area contributed by atoms with Gasteiger partial charge < -0.3 is 43.1 Å². The summed E-state index contributed by atoms with van der Waals surface area (Å²) >= 11 is 0. The second kappa shape index (κ2) is 52.4. The van der Waals surface area contributed by atoms with Crippen molar-refractivity contribution < 1.29 is 125 Å². The molecular weight excluding hydrogens is 1350 g/mol. The van der Waals surface area contributed by atoms with Crippen molar-refractivity contribution in [1.82, 2.24) is 0 Å². The molecule has 14 heteroatoms. The van der Waals surface area contributed by atoms with Crippen LogP contribution in [0, 0.1) is 99.4 Å². The Kier molecular flexibility index (Phi) is 54.3. The third-order valence-corrected chi connectivity index (χ3v) is 19.9. The molecule has 3 atom stereocenters. The standard InChI is InChI=1S/3C23H41O3P.2Nd/c3*1-4-7-9-10-11-12-13-17-22-21(19-20(6-3)15-8-5-2)16-14-18-23(22)27(24,25)26;;/h3*14,16,18,20H,4-13,15,17,19H2,1-3H3,(H2,24,25,26);;/q;;;2*+3/p-6. The summed E-state index contributed by atoms with van der Waals surface area (Å²) < 4.78 is 35.4. The normalized spacial score (nSPS) is 12.8. The van der Waals surface area contributed by atoms with Gasteiger partial charge in [0.1, 0.15) is 0 Å². The first-order chi connectivity index (χ1) is 38.8. The zero-order valence-corrected chi connectivity index (χ0v) is 63.1. The minimum absolute atomic E-state index is 0. The summed E-state index contributed by atoms with van der Waals surface area (Å²) in [7, 11) is -14.2. The monoisotopic (exact) mass is 1470 g/mol. The summed E-state index contributed by atoms with van der Waals surface area (Å²) in [5.74, 6) is 1.68. The van der Waals surface area contributed by atoms with Crippen LogP contribution in [0.4, 0.5) is 0 Å². The zero-order chi connectivity index (χ0) is 60.4. The Morgan fingerprint density at radius 3 is 0.699 bits per heavy atom. The predicted molar refractivity (Wildman–Crippen MR) is 337 cm³/mol. The molecule has 0 saturated heterocycles. The summed E-state index contributed by atoms with van der Waals surface area (Å²) in [6.07, 6.45) is 43.7. The Hall–Kier alpha value is 0.811. The van der Waals surface area contributed by atoms with Crippen molar-refractivity contribution in [2.24, 2.45) is 17.8 Å². The zero-order valence-electron chi connectivity index (χ0n) is 54.0. The minimum atomic E-state index is -4.73. The molecule has 0 amide bonds. The van der Waals surface area contributed by atoms with Gasteiger partial charge in [-0.25, -0.2) is 0 Å². The van der Waals surface area contributed by atoms with E-state index in [0.29, 0.717) is 37.0 Å². The predicted octanol–water partition coefficient (Wildman–Crippen LogP) is 15.8. The summed E-state index contributed by atoms with van der Waals surface area (Å²) in [4.78, 5) is 70.9. The number of hydrogen-bond acceptors (Lipinski definition) is 9. The molecule has 3 aromatic rings. The van der Waals surface area contributed by atoms with Crippen LogP contribution in [-0.2, 0) is 52.2 Å². The molecule has 2 radical (unpaired) electrons. The van der Waals surface area contributed by atoms with Gasteiger partial charge in [-0.15, -0.1) is 0 Å². The Balaban J connectivity index is 0. The van der Waals surface area contributed by atoms with Gasteiger partial charge in [-0.3, -0.25) is 0 Å². The maximum atomic E-state index is 11.8. The molecule has 0 aliphatic rings. The summed E-state index contributed by atoms with van der Waals surface area (Å²) in [5, 5.41) is 0.115. The van der Waals surface area contributed by atoms with E-state index in [-0.39, 0.29) is 97.6 Å². The molecule has 3 unspecified atom stereocenters. The van der Waals surface area contributed by atoms with Gasteiger partial charge >= 0.3 is 81.7 Å². The van der Waals surface area contributed by atoms with Crippen LogP contribution in [0.25, 0.3) is 0 Å². The fraction of sp³-hybridized carbons (Fsp3) is 0.739. The molecule has 3 rings (SSSR count). The third kappa shape index (κ3) is 39.0. The third-order valence-electron chi connectivity index (χ3n) is 16.9. The van der Waals surface area contributed by atoms with Crippen molar-refractivity contribution in [3.63, 3.8) is 0 Å². The van der Waals surface area contributed by atoms with Crippen molar-refractivity contribution in [3.8, 4) is 0 Å². The topological polar surface area (TPSA) is 190 Å². The largest absolute Gasteiger partial charge is 3.00 e. The van der Waals surface area contributed by atoms with Crippen LogP contribution in [0.2, 0.25) is 0 Å². The van der Waals surface area contributed by atoms with E-state index in [1.165, 1.54) is 172 Å². The van der Waals surface area contributed by atoms with E-state index >= 15 is 0 Å². The first-order valence-corrected chi connectivity index (χ1v) is 37.8. The minimum Gasteiger partial charge on any atom is -0.807 e. The SMILES string of the molecule is CCCCCCCCCc1c(CC(CC)CCCC)cccc1P(=O)([O-])[O-].CCCCCCCCCc1c(CC(CC)CCCC)cccc1P(=O)([O-])[O-].CCCCCCCCCc1c(CC(CC)CCCC)cccc1P(=O)([O-])[O-].[Nd+3].[Nd+3]. The van der Waals surface area contributed by atoms with Gasteiger partial charge in [0.25, 0.3) is 0 Å². The van der Waals surface area contributed by atoms with E-state index in [0.717, 1.165) is 110 Å². The first kappa shape index (κ1) is 85.9. The molecule has 0 heterocycles. The van der Waals surface area contributed by atoms with Gasteiger partial charge in [0.2, 0.25) is 0 Å². The summed E-state index contributed by atoms with van der Waals surface area (Å²) in [6.45, 7) is 19.8. The molecule has 0 fully saturated rings. The van der Waals surface area contributed by atoms with Crippen molar-refractivity contribution in [3.05, 3.63) is 88.0 Å². The van der Waals surface area contributed by atoms with E-state index in [1.807, 2.05) is 18.2 Å². The molecule has 0 N–H and O–H groups in total. The van der Waals surface area contributed by atoms with E-state index in [4.69, 9.17) is 0 Å². The van der Waals surface area contributed by atoms with Crippen molar-refractivity contribution in [2.45, 2.75) is 313 Å². The fourth-order valence-corrected chi connectivity index (χ4v) is 14.2. The maximum absolute atomic E-state index is 11.8. The van der Waals surface area contributed by atoms with Crippen LogP contribution in [0.5, 0.6) is 0 Å². The van der Waals surface area contributed by atoms with Gasteiger partial charge in [0.15, 0.2) is 0 Å². The van der Waals surface area contributed by atoms with Gasteiger partial charge in [0.05, 0.1) is 0 Å². The van der Waals surface area contributed by atoms with Crippen LogP contribution < -0.4 is 45.3 Å². The Bertz CT molecular complexity index is 1950. The van der Waals surface area contributed by atoms with E-state index in [1.54, 1.807) is 18.2 Å². The number of hydrogen-bond donors (Lipinski definition) is 0. The summed E-state index contributed by atoms with van der Waals surface area (Å²) in [6, 6.07) is 15.9. The smallest absolute Gasteiger partial charge is 0.807 e. The maximum Gasteiger partial charge on any atom is 3.00 e. The average Bonchev–Trinajstić information content (AvgIpc) is 3.65. The molecule has 83 heavy (non-hydrogen) atoms. The van der Waals surface area contributed by atoms with Crippen molar-refractivity contribution >= 4 is 38.7 Å². The molecule has 470 valence electrons. The van der Waals surface area contributed by atoms with Gasteiger partial charge in [-0.05, 0) is 148 Å². The van der Waals surface area contributed by atoms with Crippen LogP contribution in [0.3, 0.4) is 0 Å². The number of benzene rings is 3. The van der Waals surface area contributed by atoms with Gasteiger partial charge in [0, 0.05) is 0 Å². The van der Waals surface area contributed by atoms with E-state index in [2.05, 4.69) is 62.3 Å². The first-order valence-electron chi connectivity index (χ1n) is 33.2. The van der Waals surface area contributed by atoms with Crippen molar-refractivity contribution in [1.29, 1.82) is 0 Å². The van der Waals surface area contributed by atoms with Gasteiger partial charge in [-0.1, -0.05) is 310 Å². The second-order valence-corrected chi connectivity index (χ2v) is 28.1. The van der Waals surface area contributed by atoms with E-state index in [9.17, 15) is 43.1 Å².